The number of hydrogen-bond acceptors (Lipinski definition) is 5. The van der Waals surface area contributed by atoms with Gasteiger partial charge in [0.25, 0.3) is 0 Å². The van der Waals surface area contributed by atoms with Gasteiger partial charge >= 0.3 is 5.69 Å². The molecule has 0 spiro atoms. The number of aromatic nitrogens is 4. The smallest absolute Gasteiger partial charge is 0.327 e. The highest BCUT2D eigenvalue weighted by Gasteiger charge is 2.10. The first-order chi connectivity index (χ1) is 11.7. The predicted molar refractivity (Wildman–Crippen MR) is 103 cm³/mol. The van der Waals surface area contributed by atoms with E-state index < -0.39 is 0 Å². The molecule has 8 heteroatoms. The summed E-state index contributed by atoms with van der Waals surface area (Å²) >= 11 is 2.31. The van der Waals surface area contributed by atoms with Crippen molar-refractivity contribution in [1.82, 2.24) is 19.5 Å². The maximum Gasteiger partial charge on any atom is 0.327 e. The van der Waals surface area contributed by atoms with Crippen molar-refractivity contribution in [3.63, 3.8) is 0 Å². The molecule has 0 saturated carbocycles. The van der Waals surface area contributed by atoms with Crippen molar-refractivity contribution in [3.05, 3.63) is 50.1 Å². The summed E-state index contributed by atoms with van der Waals surface area (Å²) in [4.78, 5) is 23.7. The zero-order valence-corrected chi connectivity index (χ0v) is 15.3. The second kappa shape index (κ2) is 7.75. The molecule has 4 N–H and O–H groups in total. The summed E-state index contributed by atoms with van der Waals surface area (Å²) in [6.45, 7) is 1.89. The molecule has 0 saturated heterocycles. The van der Waals surface area contributed by atoms with E-state index in [1.165, 1.54) is 9.13 Å². The third kappa shape index (κ3) is 3.75. The highest BCUT2D eigenvalue weighted by atomic mass is 127. The minimum absolute atomic E-state index is 0.163. The van der Waals surface area contributed by atoms with Crippen molar-refractivity contribution in [2.75, 3.05) is 18.4 Å². The van der Waals surface area contributed by atoms with Gasteiger partial charge in [-0.05, 0) is 53.6 Å². The molecule has 0 aliphatic rings. The van der Waals surface area contributed by atoms with E-state index in [1.807, 2.05) is 12.1 Å². The summed E-state index contributed by atoms with van der Waals surface area (Å²) in [5.74, 6) is 0.512. The van der Waals surface area contributed by atoms with E-state index in [0.29, 0.717) is 36.7 Å². The Kier molecular flexibility index (Phi) is 5.46. The second-order valence-corrected chi connectivity index (χ2v) is 6.59. The molecule has 3 aromatic rings. The van der Waals surface area contributed by atoms with Gasteiger partial charge in [-0.2, -0.15) is 4.98 Å². The van der Waals surface area contributed by atoms with Gasteiger partial charge in [0, 0.05) is 16.7 Å². The molecule has 0 atom stereocenters. The van der Waals surface area contributed by atoms with E-state index in [4.69, 9.17) is 5.73 Å². The molecular weight excluding hydrogens is 419 g/mol. The molecule has 0 amide bonds. The largest absolute Gasteiger partial charge is 0.354 e. The molecule has 0 aliphatic carbocycles. The zero-order chi connectivity index (χ0) is 16.9. The Hall–Kier alpha value is -1.94. The SMILES string of the molecule is NCCCNc1ncc2[nH]c(=O)n(CCc3ccccc3I)c2n1. The lowest BCUT2D eigenvalue weighted by atomic mass is 10.1. The lowest BCUT2D eigenvalue weighted by molar-refractivity contribution is 0.683. The number of benzene rings is 1. The predicted octanol–water partition coefficient (Wildman–Crippen LogP) is 1.73. The summed E-state index contributed by atoms with van der Waals surface area (Å²) < 4.78 is 2.86. The average Bonchev–Trinajstić information content (AvgIpc) is 2.89. The lowest BCUT2D eigenvalue weighted by Crippen LogP contribution is -2.18. The van der Waals surface area contributed by atoms with Crippen LogP contribution in [0.15, 0.2) is 35.3 Å². The van der Waals surface area contributed by atoms with E-state index in [1.54, 1.807) is 10.8 Å². The second-order valence-electron chi connectivity index (χ2n) is 5.42. The number of nitrogens with two attached hydrogens (primary N) is 1. The van der Waals surface area contributed by atoms with E-state index in [2.05, 4.69) is 55.0 Å². The molecular formula is C16H19IN6O. The minimum atomic E-state index is -0.163. The molecule has 24 heavy (non-hydrogen) atoms. The van der Waals surface area contributed by atoms with Crippen molar-refractivity contribution in [1.29, 1.82) is 0 Å². The fourth-order valence-electron chi connectivity index (χ4n) is 2.47. The molecule has 0 bridgehead atoms. The van der Waals surface area contributed by atoms with Crippen LogP contribution in [0.5, 0.6) is 0 Å². The molecule has 0 fully saturated rings. The van der Waals surface area contributed by atoms with E-state index in [0.717, 1.165) is 12.8 Å². The fraction of sp³-hybridized carbons (Fsp3) is 0.312. The first-order valence-electron chi connectivity index (χ1n) is 7.82. The number of aryl methyl sites for hydroxylation is 2. The lowest BCUT2D eigenvalue weighted by Gasteiger charge is -2.07. The number of nitrogens with one attached hydrogen (secondary N) is 2. The summed E-state index contributed by atoms with van der Waals surface area (Å²) in [5.41, 5.74) is 7.81. The number of nitrogens with zero attached hydrogens (tertiary/aromatic N) is 3. The van der Waals surface area contributed by atoms with Gasteiger partial charge in [-0.3, -0.25) is 4.57 Å². The number of fused-ring (bicyclic) bond motifs is 1. The average molecular weight is 438 g/mol. The normalized spacial score (nSPS) is 11.1. The molecule has 2 aromatic heterocycles. The Morgan fingerprint density at radius 1 is 1.33 bits per heavy atom. The molecule has 1 aromatic carbocycles. The molecule has 0 aliphatic heterocycles. The molecule has 126 valence electrons. The monoisotopic (exact) mass is 438 g/mol. The Balaban J connectivity index is 1.83. The molecule has 2 heterocycles. The Morgan fingerprint density at radius 2 is 2.17 bits per heavy atom. The Morgan fingerprint density at radius 3 is 2.96 bits per heavy atom. The van der Waals surface area contributed by atoms with Crippen LogP contribution in [0, 0.1) is 3.57 Å². The number of aromatic amines is 1. The van der Waals surface area contributed by atoms with Crippen molar-refractivity contribution in [2.24, 2.45) is 5.73 Å². The standard InChI is InChI=1S/C16H19IN6O/c17-12-5-2-1-4-11(12)6-9-23-14-13(21-16(23)24)10-20-15(22-14)19-8-3-7-18/h1-2,4-5,10H,3,6-9,18H2,(H,21,24)(H,19,20,22). The summed E-state index contributed by atoms with van der Waals surface area (Å²) in [7, 11) is 0. The van der Waals surface area contributed by atoms with E-state index in [-0.39, 0.29) is 5.69 Å². The third-order valence-electron chi connectivity index (χ3n) is 3.74. The molecule has 0 radical (unpaired) electrons. The molecule has 3 rings (SSSR count). The van der Waals surface area contributed by atoms with Gasteiger partial charge in [-0.15, -0.1) is 0 Å². The van der Waals surface area contributed by atoms with Crippen molar-refractivity contribution >= 4 is 39.7 Å². The molecule has 7 nitrogen and oxygen atoms in total. The number of halogens is 1. The number of anilines is 1. The van der Waals surface area contributed by atoms with Crippen LogP contribution >= 0.6 is 22.6 Å². The van der Waals surface area contributed by atoms with Crippen molar-refractivity contribution < 1.29 is 0 Å². The fourth-order valence-corrected chi connectivity index (χ4v) is 3.13. The summed E-state index contributed by atoms with van der Waals surface area (Å²) in [5, 5.41) is 3.12. The topological polar surface area (TPSA) is 102 Å². The van der Waals surface area contributed by atoms with Crippen LogP contribution in [-0.4, -0.2) is 32.6 Å². The zero-order valence-electron chi connectivity index (χ0n) is 13.1. The van der Waals surface area contributed by atoms with Gasteiger partial charge in [0.2, 0.25) is 5.95 Å². The first-order valence-corrected chi connectivity index (χ1v) is 8.90. The highest BCUT2D eigenvalue weighted by molar-refractivity contribution is 14.1. The number of imidazole rings is 1. The third-order valence-corrected chi connectivity index (χ3v) is 4.79. The van der Waals surface area contributed by atoms with Crippen molar-refractivity contribution in [2.45, 2.75) is 19.4 Å². The van der Waals surface area contributed by atoms with Crippen LogP contribution in [0.1, 0.15) is 12.0 Å². The van der Waals surface area contributed by atoms with Crippen LogP contribution in [0.2, 0.25) is 0 Å². The molecule has 0 unspecified atom stereocenters. The van der Waals surface area contributed by atoms with E-state index >= 15 is 0 Å². The van der Waals surface area contributed by atoms with Gasteiger partial charge in [0.05, 0.1) is 6.20 Å². The van der Waals surface area contributed by atoms with Crippen LogP contribution in [-0.2, 0) is 13.0 Å². The quantitative estimate of drug-likeness (QED) is 0.385. The number of hydrogen-bond donors (Lipinski definition) is 3. The first kappa shape index (κ1) is 16.9. The minimum Gasteiger partial charge on any atom is -0.354 e. The Labute approximate surface area is 152 Å². The Bertz CT molecular complexity index is 888. The maximum absolute atomic E-state index is 12.2. The van der Waals surface area contributed by atoms with Crippen molar-refractivity contribution in [3.8, 4) is 0 Å². The van der Waals surface area contributed by atoms with Gasteiger partial charge in [-0.25, -0.2) is 9.78 Å². The maximum atomic E-state index is 12.2. The number of H-pyrrole nitrogens is 1. The number of rotatable bonds is 7. The van der Waals surface area contributed by atoms with E-state index in [9.17, 15) is 4.79 Å². The summed E-state index contributed by atoms with van der Waals surface area (Å²) in [6, 6.07) is 8.17. The summed E-state index contributed by atoms with van der Waals surface area (Å²) in [6.07, 6.45) is 3.25. The van der Waals surface area contributed by atoms with Crippen LogP contribution in [0.25, 0.3) is 11.2 Å². The van der Waals surface area contributed by atoms with Crippen LogP contribution in [0.3, 0.4) is 0 Å². The van der Waals surface area contributed by atoms with Gasteiger partial charge in [-0.1, -0.05) is 18.2 Å². The highest BCUT2D eigenvalue weighted by Crippen LogP contribution is 2.14. The van der Waals surface area contributed by atoms with Crippen LogP contribution < -0.4 is 16.7 Å². The van der Waals surface area contributed by atoms with Crippen LogP contribution in [0.4, 0.5) is 5.95 Å². The van der Waals surface area contributed by atoms with Gasteiger partial charge < -0.3 is 16.0 Å². The van der Waals surface area contributed by atoms with Gasteiger partial charge in [0.1, 0.15) is 5.52 Å². The van der Waals surface area contributed by atoms with Gasteiger partial charge in [0.15, 0.2) is 5.65 Å².